The smallest absolute Gasteiger partial charge is 0.204 e. The first kappa shape index (κ1) is 18.2. The van der Waals surface area contributed by atoms with E-state index in [1.807, 2.05) is 61.5 Å². The molecule has 0 radical (unpaired) electrons. The highest BCUT2D eigenvalue weighted by molar-refractivity contribution is 9.10. The number of rotatable bonds is 6. The van der Waals surface area contributed by atoms with Gasteiger partial charge in [0.1, 0.15) is 0 Å². The van der Waals surface area contributed by atoms with Gasteiger partial charge >= 0.3 is 0 Å². The molecule has 0 bridgehead atoms. The SMILES string of the molecule is CC(NNc1ccc(Br)cc1)=C1CN(c2ccccc2)CC1C(=O)C=O. The molecule has 2 N–H and O–H groups in total. The second kappa shape index (κ2) is 8.19. The molecule has 3 rings (SSSR count). The molecule has 2 aromatic carbocycles. The number of halogens is 1. The maximum absolute atomic E-state index is 12.1. The fourth-order valence-corrected chi connectivity index (χ4v) is 3.31. The van der Waals surface area contributed by atoms with Gasteiger partial charge in [-0.25, -0.2) is 0 Å². The number of hydrogen-bond donors (Lipinski definition) is 2. The topological polar surface area (TPSA) is 61.4 Å². The average molecular weight is 414 g/mol. The highest BCUT2D eigenvalue weighted by Crippen LogP contribution is 2.29. The Hall–Kier alpha value is -2.60. The highest BCUT2D eigenvalue weighted by atomic mass is 79.9. The van der Waals surface area contributed by atoms with Gasteiger partial charge in [0.2, 0.25) is 5.78 Å². The number of aldehydes is 1. The maximum atomic E-state index is 12.1. The van der Waals surface area contributed by atoms with E-state index in [2.05, 4.69) is 31.7 Å². The van der Waals surface area contributed by atoms with Crippen molar-refractivity contribution in [2.75, 3.05) is 23.4 Å². The van der Waals surface area contributed by atoms with Crippen LogP contribution in [-0.4, -0.2) is 25.2 Å². The summed E-state index contributed by atoms with van der Waals surface area (Å²) in [6, 6.07) is 17.7. The molecule has 2 aromatic rings. The van der Waals surface area contributed by atoms with Gasteiger partial charge in [-0.3, -0.25) is 9.59 Å². The number of benzene rings is 2. The second-order valence-corrected chi connectivity index (χ2v) is 7.11. The van der Waals surface area contributed by atoms with Gasteiger partial charge in [0.05, 0.1) is 11.6 Å². The fourth-order valence-electron chi connectivity index (χ4n) is 3.05. The standard InChI is InChI=1S/C20H20BrN3O2/c1-14(22-23-16-9-7-15(21)8-10-16)18-11-24(12-19(18)20(26)13-25)17-5-3-2-4-6-17/h2-10,13,19,22-23H,11-12H2,1H3. The molecule has 26 heavy (non-hydrogen) atoms. The summed E-state index contributed by atoms with van der Waals surface area (Å²) in [7, 11) is 0. The number of Topliss-reactive ketones (excluding diaryl/α,β-unsaturated/α-hetero) is 1. The van der Waals surface area contributed by atoms with E-state index in [0.717, 1.165) is 27.1 Å². The Morgan fingerprint density at radius 1 is 1.15 bits per heavy atom. The van der Waals surface area contributed by atoms with Gasteiger partial charge in [0.25, 0.3) is 0 Å². The van der Waals surface area contributed by atoms with Crippen molar-refractivity contribution in [3.05, 3.63) is 70.3 Å². The molecule has 1 fully saturated rings. The zero-order valence-corrected chi connectivity index (χ0v) is 16.0. The van der Waals surface area contributed by atoms with Gasteiger partial charge < -0.3 is 15.8 Å². The van der Waals surface area contributed by atoms with Crippen molar-refractivity contribution in [2.24, 2.45) is 5.92 Å². The average Bonchev–Trinajstić information content (AvgIpc) is 3.13. The summed E-state index contributed by atoms with van der Waals surface area (Å²) in [6.45, 7) is 3.03. The molecule has 5 nitrogen and oxygen atoms in total. The number of ketones is 1. The van der Waals surface area contributed by atoms with Crippen molar-refractivity contribution in [1.82, 2.24) is 5.43 Å². The highest BCUT2D eigenvalue weighted by Gasteiger charge is 2.34. The zero-order valence-electron chi connectivity index (χ0n) is 14.4. The summed E-state index contributed by atoms with van der Waals surface area (Å²) in [5.41, 5.74) is 10.0. The van der Waals surface area contributed by atoms with Crippen molar-refractivity contribution < 1.29 is 9.59 Å². The molecule has 1 atom stereocenters. The lowest BCUT2D eigenvalue weighted by atomic mass is 9.97. The van der Waals surface area contributed by atoms with Gasteiger partial charge in [-0.2, -0.15) is 0 Å². The lowest BCUT2D eigenvalue weighted by Gasteiger charge is -2.17. The Balaban J connectivity index is 1.79. The molecular weight excluding hydrogens is 394 g/mol. The quantitative estimate of drug-likeness (QED) is 0.430. The molecule has 1 unspecified atom stereocenters. The minimum Gasteiger partial charge on any atom is -0.366 e. The summed E-state index contributed by atoms with van der Waals surface area (Å²) in [4.78, 5) is 25.3. The number of allylic oxidation sites excluding steroid dienone is 1. The van der Waals surface area contributed by atoms with Crippen LogP contribution >= 0.6 is 15.9 Å². The van der Waals surface area contributed by atoms with Gasteiger partial charge in [0.15, 0.2) is 6.29 Å². The van der Waals surface area contributed by atoms with E-state index in [4.69, 9.17) is 0 Å². The molecule has 134 valence electrons. The van der Waals surface area contributed by atoms with Crippen molar-refractivity contribution in [2.45, 2.75) is 6.92 Å². The predicted molar refractivity (Wildman–Crippen MR) is 107 cm³/mol. The lowest BCUT2D eigenvalue weighted by molar-refractivity contribution is -0.131. The van der Waals surface area contributed by atoms with Crippen molar-refractivity contribution in [3.63, 3.8) is 0 Å². The number of carbonyl (C=O) groups is 2. The third kappa shape index (κ3) is 4.14. The van der Waals surface area contributed by atoms with Crippen LogP contribution in [0.4, 0.5) is 11.4 Å². The lowest BCUT2D eigenvalue weighted by Crippen LogP contribution is -2.25. The summed E-state index contributed by atoms with van der Waals surface area (Å²) in [6.07, 6.45) is 0.425. The Morgan fingerprint density at radius 2 is 1.85 bits per heavy atom. The molecule has 0 aliphatic carbocycles. The van der Waals surface area contributed by atoms with Crippen LogP contribution in [0.3, 0.4) is 0 Å². The monoisotopic (exact) mass is 413 g/mol. The normalized spacial score (nSPS) is 18.4. The van der Waals surface area contributed by atoms with Crippen molar-refractivity contribution in [3.8, 4) is 0 Å². The predicted octanol–water partition coefficient (Wildman–Crippen LogP) is 3.54. The second-order valence-electron chi connectivity index (χ2n) is 6.20. The van der Waals surface area contributed by atoms with E-state index < -0.39 is 5.92 Å². The molecule has 0 saturated carbocycles. The van der Waals surface area contributed by atoms with E-state index in [1.54, 1.807) is 0 Å². The van der Waals surface area contributed by atoms with E-state index >= 15 is 0 Å². The molecule has 6 heteroatoms. The molecule has 1 saturated heterocycles. The number of nitrogens with one attached hydrogen (secondary N) is 2. The van der Waals surface area contributed by atoms with Crippen molar-refractivity contribution >= 4 is 39.4 Å². The Morgan fingerprint density at radius 3 is 2.50 bits per heavy atom. The molecule has 1 aliphatic heterocycles. The first-order chi connectivity index (χ1) is 12.6. The van der Waals surface area contributed by atoms with Crippen LogP contribution in [0, 0.1) is 5.92 Å². The Bertz CT molecular complexity index is 819. The fraction of sp³-hybridized carbons (Fsp3) is 0.200. The van der Waals surface area contributed by atoms with Crippen LogP contribution in [0.5, 0.6) is 0 Å². The van der Waals surface area contributed by atoms with Crippen molar-refractivity contribution in [1.29, 1.82) is 0 Å². The number of nitrogens with zero attached hydrogens (tertiary/aromatic N) is 1. The van der Waals surface area contributed by atoms with Crippen LogP contribution in [0.2, 0.25) is 0 Å². The zero-order chi connectivity index (χ0) is 18.5. The van der Waals surface area contributed by atoms with Gasteiger partial charge in [-0.15, -0.1) is 0 Å². The number of anilines is 2. The minimum atomic E-state index is -0.424. The van der Waals surface area contributed by atoms with E-state index in [-0.39, 0.29) is 5.78 Å². The summed E-state index contributed by atoms with van der Waals surface area (Å²) < 4.78 is 1.00. The van der Waals surface area contributed by atoms with Gasteiger partial charge in [0, 0.05) is 28.9 Å². The molecule has 0 amide bonds. The Kier molecular flexibility index (Phi) is 5.73. The van der Waals surface area contributed by atoms with Crippen LogP contribution < -0.4 is 15.8 Å². The molecule has 1 heterocycles. The number of hydrogen-bond acceptors (Lipinski definition) is 5. The van der Waals surface area contributed by atoms with E-state index in [0.29, 0.717) is 19.4 Å². The van der Waals surface area contributed by atoms with Gasteiger partial charge in [-0.1, -0.05) is 34.1 Å². The number of hydrazine groups is 1. The van der Waals surface area contributed by atoms with E-state index in [9.17, 15) is 9.59 Å². The molecule has 1 aliphatic rings. The third-order valence-electron chi connectivity index (χ3n) is 4.49. The van der Waals surface area contributed by atoms with Crippen LogP contribution in [0.1, 0.15) is 6.92 Å². The first-order valence-corrected chi connectivity index (χ1v) is 9.14. The third-order valence-corrected chi connectivity index (χ3v) is 5.01. The maximum Gasteiger partial charge on any atom is 0.204 e. The van der Waals surface area contributed by atoms with Gasteiger partial charge in [-0.05, 0) is 48.9 Å². The summed E-state index contributed by atoms with van der Waals surface area (Å²) in [5, 5.41) is 0. The first-order valence-electron chi connectivity index (χ1n) is 8.34. The molecule has 0 aromatic heterocycles. The number of carbonyl (C=O) groups excluding carboxylic acids is 2. The summed E-state index contributed by atoms with van der Waals surface area (Å²) in [5.74, 6) is -0.810. The minimum absolute atomic E-state index is 0.386. The molecular formula is C20H20BrN3O2. The van der Waals surface area contributed by atoms with Crippen LogP contribution in [0.25, 0.3) is 0 Å². The largest absolute Gasteiger partial charge is 0.366 e. The van der Waals surface area contributed by atoms with Crippen LogP contribution in [-0.2, 0) is 9.59 Å². The van der Waals surface area contributed by atoms with E-state index in [1.165, 1.54) is 0 Å². The number of para-hydroxylation sites is 1. The van der Waals surface area contributed by atoms with Crippen LogP contribution in [0.15, 0.2) is 70.3 Å². The Labute approximate surface area is 161 Å². The summed E-state index contributed by atoms with van der Waals surface area (Å²) >= 11 is 3.41. The molecule has 0 spiro atoms.